The number of oxazole rings is 1. The lowest BCUT2D eigenvalue weighted by Crippen LogP contribution is -2.01. The van der Waals surface area contributed by atoms with E-state index in [0.717, 1.165) is 22.3 Å². The van der Waals surface area contributed by atoms with Crippen molar-refractivity contribution in [1.82, 2.24) is 19.6 Å². The van der Waals surface area contributed by atoms with Crippen molar-refractivity contribution in [2.24, 2.45) is 0 Å². The molecule has 6 heteroatoms. The van der Waals surface area contributed by atoms with Crippen molar-refractivity contribution in [1.29, 1.82) is 0 Å². The van der Waals surface area contributed by atoms with Gasteiger partial charge in [0.05, 0.1) is 11.7 Å². The van der Waals surface area contributed by atoms with Gasteiger partial charge >= 0.3 is 0 Å². The molecule has 3 heterocycles. The van der Waals surface area contributed by atoms with Crippen LogP contribution in [0.1, 0.15) is 0 Å². The molecule has 0 saturated heterocycles. The van der Waals surface area contributed by atoms with Crippen LogP contribution in [0.4, 0.5) is 5.95 Å². The van der Waals surface area contributed by atoms with Crippen LogP contribution >= 0.6 is 0 Å². The first kappa shape index (κ1) is 10.1. The molecular weight excluding hydrogens is 242 g/mol. The van der Waals surface area contributed by atoms with Gasteiger partial charge in [0.2, 0.25) is 11.8 Å². The molecule has 0 unspecified atom stereocenters. The predicted octanol–water partition coefficient (Wildman–Crippen LogP) is 2.12. The highest BCUT2D eigenvalue weighted by Crippen LogP contribution is 2.25. The van der Waals surface area contributed by atoms with Crippen LogP contribution in [-0.4, -0.2) is 19.6 Å². The van der Waals surface area contributed by atoms with E-state index >= 15 is 0 Å². The molecule has 0 amide bonds. The molecule has 0 bridgehead atoms. The Balaban J connectivity index is 2.00. The molecule has 19 heavy (non-hydrogen) atoms. The molecule has 3 aromatic heterocycles. The van der Waals surface area contributed by atoms with Gasteiger partial charge in [-0.2, -0.15) is 0 Å². The maximum atomic E-state index is 5.73. The first-order valence-electron chi connectivity index (χ1n) is 5.77. The number of rotatable bonds is 1. The molecule has 6 nitrogen and oxygen atoms in total. The van der Waals surface area contributed by atoms with Gasteiger partial charge in [0.15, 0.2) is 5.58 Å². The minimum atomic E-state index is 0.209. The summed E-state index contributed by atoms with van der Waals surface area (Å²) in [6.07, 6.45) is 1.66. The standard InChI is InChI=1S/C13H9N5O/c14-13-15-7-8-5-6-10(18(8)17-13)12-16-9-3-1-2-4-11(9)19-12/h1-7H,(H2,14,17). The Morgan fingerprint density at radius 1 is 1.11 bits per heavy atom. The minimum Gasteiger partial charge on any atom is -0.435 e. The highest BCUT2D eigenvalue weighted by molar-refractivity contribution is 5.76. The van der Waals surface area contributed by atoms with Crippen molar-refractivity contribution in [2.75, 3.05) is 5.73 Å². The number of hydrogen-bond donors (Lipinski definition) is 1. The van der Waals surface area contributed by atoms with E-state index in [1.54, 1.807) is 10.7 Å². The van der Waals surface area contributed by atoms with E-state index in [4.69, 9.17) is 10.2 Å². The molecule has 92 valence electrons. The number of benzene rings is 1. The van der Waals surface area contributed by atoms with Crippen molar-refractivity contribution in [3.05, 3.63) is 42.6 Å². The van der Waals surface area contributed by atoms with Crippen LogP contribution in [0.25, 0.3) is 28.2 Å². The summed E-state index contributed by atoms with van der Waals surface area (Å²) in [5, 5.41) is 4.17. The van der Waals surface area contributed by atoms with E-state index in [1.165, 1.54) is 0 Å². The first-order chi connectivity index (χ1) is 9.31. The largest absolute Gasteiger partial charge is 0.435 e. The second-order valence-corrected chi connectivity index (χ2v) is 4.16. The summed E-state index contributed by atoms with van der Waals surface area (Å²) >= 11 is 0. The Labute approximate surface area is 107 Å². The molecule has 1 aromatic carbocycles. The zero-order chi connectivity index (χ0) is 12.8. The third-order valence-electron chi connectivity index (χ3n) is 2.93. The van der Waals surface area contributed by atoms with Crippen molar-refractivity contribution < 1.29 is 4.42 Å². The molecule has 0 aliphatic heterocycles. The van der Waals surface area contributed by atoms with E-state index in [2.05, 4.69) is 15.1 Å². The maximum absolute atomic E-state index is 5.73. The zero-order valence-electron chi connectivity index (χ0n) is 9.82. The van der Waals surface area contributed by atoms with Crippen LogP contribution in [0.3, 0.4) is 0 Å². The summed E-state index contributed by atoms with van der Waals surface area (Å²) in [4.78, 5) is 8.40. The van der Waals surface area contributed by atoms with Crippen LogP contribution in [0.15, 0.2) is 47.0 Å². The molecule has 4 aromatic rings. The summed E-state index contributed by atoms with van der Waals surface area (Å²) in [6.45, 7) is 0. The van der Waals surface area contributed by atoms with Crippen molar-refractivity contribution in [3.63, 3.8) is 0 Å². The van der Waals surface area contributed by atoms with Crippen LogP contribution in [0, 0.1) is 0 Å². The van der Waals surface area contributed by atoms with E-state index in [-0.39, 0.29) is 5.95 Å². The lowest BCUT2D eigenvalue weighted by Gasteiger charge is -1.98. The lowest BCUT2D eigenvalue weighted by molar-refractivity contribution is 0.613. The van der Waals surface area contributed by atoms with Crippen molar-refractivity contribution in [2.45, 2.75) is 0 Å². The second kappa shape index (κ2) is 3.55. The van der Waals surface area contributed by atoms with Gasteiger partial charge in [-0.05, 0) is 24.3 Å². The number of nitrogens with zero attached hydrogens (tertiary/aromatic N) is 4. The summed E-state index contributed by atoms with van der Waals surface area (Å²) in [5.41, 5.74) is 8.76. The average Bonchev–Trinajstić information content (AvgIpc) is 3.00. The van der Waals surface area contributed by atoms with Crippen molar-refractivity contribution in [3.8, 4) is 11.6 Å². The van der Waals surface area contributed by atoms with E-state index in [9.17, 15) is 0 Å². The van der Waals surface area contributed by atoms with Gasteiger partial charge in [0.1, 0.15) is 11.2 Å². The fourth-order valence-corrected chi connectivity index (χ4v) is 2.06. The SMILES string of the molecule is Nc1ncc2ccc(-c3nc4ccccc4o3)n2n1. The lowest BCUT2D eigenvalue weighted by atomic mass is 10.3. The molecule has 0 atom stereocenters. The Kier molecular flexibility index (Phi) is 1.88. The zero-order valence-corrected chi connectivity index (χ0v) is 9.82. The summed E-state index contributed by atoms with van der Waals surface area (Å²) in [7, 11) is 0. The van der Waals surface area contributed by atoms with Gasteiger partial charge in [-0.3, -0.25) is 0 Å². The molecule has 2 N–H and O–H groups in total. The van der Waals surface area contributed by atoms with Crippen LogP contribution in [0.2, 0.25) is 0 Å². The van der Waals surface area contributed by atoms with Crippen LogP contribution in [0.5, 0.6) is 0 Å². The van der Waals surface area contributed by atoms with Gasteiger partial charge in [-0.25, -0.2) is 14.5 Å². The number of fused-ring (bicyclic) bond motifs is 2. The molecule has 0 radical (unpaired) electrons. The Morgan fingerprint density at radius 2 is 2.00 bits per heavy atom. The third-order valence-corrected chi connectivity index (χ3v) is 2.93. The molecular formula is C13H9N5O. The number of nitrogens with two attached hydrogens (primary N) is 1. The van der Waals surface area contributed by atoms with Gasteiger partial charge < -0.3 is 10.2 Å². The highest BCUT2D eigenvalue weighted by atomic mass is 16.3. The predicted molar refractivity (Wildman–Crippen MR) is 70.4 cm³/mol. The molecule has 0 fully saturated rings. The monoisotopic (exact) mass is 251 g/mol. The van der Waals surface area contributed by atoms with E-state index in [1.807, 2.05) is 36.4 Å². The average molecular weight is 251 g/mol. The fraction of sp³-hybridized carbons (Fsp3) is 0. The molecule has 0 saturated carbocycles. The Hall–Kier alpha value is -2.89. The maximum Gasteiger partial charge on any atom is 0.246 e. The van der Waals surface area contributed by atoms with Gasteiger partial charge in [-0.15, -0.1) is 5.10 Å². The van der Waals surface area contributed by atoms with Crippen molar-refractivity contribution >= 4 is 22.6 Å². The van der Waals surface area contributed by atoms with Gasteiger partial charge in [0.25, 0.3) is 0 Å². The minimum absolute atomic E-state index is 0.209. The second-order valence-electron chi connectivity index (χ2n) is 4.16. The third kappa shape index (κ3) is 1.46. The smallest absolute Gasteiger partial charge is 0.246 e. The number of anilines is 1. The number of nitrogen functional groups attached to an aromatic ring is 1. The quantitative estimate of drug-likeness (QED) is 0.560. The molecule has 0 aliphatic rings. The number of hydrogen-bond acceptors (Lipinski definition) is 5. The van der Waals surface area contributed by atoms with Crippen LogP contribution < -0.4 is 5.73 Å². The van der Waals surface area contributed by atoms with E-state index < -0.39 is 0 Å². The van der Waals surface area contributed by atoms with Gasteiger partial charge in [-0.1, -0.05) is 12.1 Å². The number of para-hydroxylation sites is 2. The van der Waals surface area contributed by atoms with Gasteiger partial charge in [0, 0.05) is 0 Å². The molecule has 4 rings (SSSR count). The summed E-state index contributed by atoms with van der Waals surface area (Å²) < 4.78 is 7.40. The normalized spacial score (nSPS) is 11.4. The molecule has 0 aliphatic carbocycles. The topological polar surface area (TPSA) is 82.2 Å². The highest BCUT2D eigenvalue weighted by Gasteiger charge is 2.13. The van der Waals surface area contributed by atoms with E-state index in [0.29, 0.717) is 5.89 Å². The van der Waals surface area contributed by atoms with Crippen LogP contribution in [-0.2, 0) is 0 Å². The Morgan fingerprint density at radius 3 is 2.89 bits per heavy atom. The number of aromatic nitrogens is 4. The summed E-state index contributed by atoms with van der Waals surface area (Å²) in [5.74, 6) is 0.723. The summed E-state index contributed by atoms with van der Waals surface area (Å²) in [6, 6.07) is 11.4. The first-order valence-corrected chi connectivity index (χ1v) is 5.77. The molecule has 0 spiro atoms. The fourth-order valence-electron chi connectivity index (χ4n) is 2.06. The Bertz CT molecular complexity index is 859.